The fourth-order valence-electron chi connectivity index (χ4n) is 1.39. The van der Waals surface area contributed by atoms with Crippen molar-refractivity contribution in [3.8, 4) is 10.4 Å². The summed E-state index contributed by atoms with van der Waals surface area (Å²) in [4.78, 5) is 9.73. The van der Waals surface area contributed by atoms with E-state index in [-0.39, 0.29) is 6.04 Å². The Morgan fingerprint density at radius 3 is 2.60 bits per heavy atom. The Labute approximate surface area is 93.0 Å². The van der Waals surface area contributed by atoms with Gasteiger partial charge in [-0.25, -0.2) is 4.98 Å². The first-order chi connectivity index (χ1) is 7.18. The molecular formula is C11H13N3S. The van der Waals surface area contributed by atoms with Crippen LogP contribution in [0, 0.1) is 6.92 Å². The van der Waals surface area contributed by atoms with Crippen molar-refractivity contribution in [3.63, 3.8) is 0 Å². The topological polar surface area (TPSA) is 51.8 Å². The van der Waals surface area contributed by atoms with Gasteiger partial charge >= 0.3 is 0 Å². The van der Waals surface area contributed by atoms with Gasteiger partial charge in [0.15, 0.2) is 0 Å². The highest BCUT2D eigenvalue weighted by molar-refractivity contribution is 7.13. The average molecular weight is 219 g/mol. The predicted molar refractivity (Wildman–Crippen MR) is 62.7 cm³/mol. The molecule has 0 aliphatic carbocycles. The van der Waals surface area contributed by atoms with Crippen molar-refractivity contribution < 1.29 is 0 Å². The van der Waals surface area contributed by atoms with E-state index in [0.717, 1.165) is 17.0 Å². The van der Waals surface area contributed by atoms with E-state index in [1.807, 2.05) is 37.7 Å². The summed E-state index contributed by atoms with van der Waals surface area (Å²) in [6.45, 7) is 3.94. The van der Waals surface area contributed by atoms with Gasteiger partial charge in [-0.2, -0.15) is 0 Å². The molecule has 2 heterocycles. The van der Waals surface area contributed by atoms with Crippen molar-refractivity contribution >= 4 is 11.3 Å². The molecule has 0 aromatic carbocycles. The average Bonchev–Trinajstić information content (AvgIpc) is 2.65. The zero-order valence-electron chi connectivity index (χ0n) is 8.77. The molecule has 2 aromatic rings. The normalized spacial score (nSPS) is 12.7. The second kappa shape index (κ2) is 4.08. The number of thiazole rings is 1. The first-order valence-corrected chi connectivity index (χ1v) is 5.68. The predicted octanol–water partition coefficient (Wildman–Crippen LogP) is 2.53. The number of nitrogens with two attached hydrogens (primary N) is 1. The molecule has 2 N–H and O–H groups in total. The highest BCUT2D eigenvalue weighted by atomic mass is 32.1. The summed E-state index contributed by atoms with van der Waals surface area (Å²) in [5.74, 6) is 0. The maximum atomic E-state index is 5.74. The van der Waals surface area contributed by atoms with E-state index < -0.39 is 0 Å². The molecule has 0 saturated carbocycles. The SMILES string of the molecule is Cc1ncsc1-c1ccc(C(C)N)nc1. The van der Waals surface area contributed by atoms with Gasteiger partial charge < -0.3 is 5.73 Å². The van der Waals surface area contributed by atoms with E-state index >= 15 is 0 Å². The fraction of sp³-hybridized carbons (Fsp3) is 0.273. The van der Waals surface area contributed by atoms with Crippen LogP contribution in [0.5, 0.6) is 0 Å². The third-order valence-corrected chi connectivity index (χ3v) is 3.24. The maximum absolute atomic E-state index is 5.74. The Balaban J connectivity index is 2.36. The molecule has 0 amide bonds. The monoisotopic (exact) mass is 219 g/mol. The number of hydrogen-bond donors (Lipinski definition) is 1. The zero-order valence-corrected chi connectivity index (χ0v) is 9.58. The van der Waals surface area contributed by atoms with Crippen LogP contribution in [0.1, 0.15) is 24.4 Å². The van der Waals surface area contributed by atoms with Gasteiger partial charge in [0.05, 0.1) is 21.8 Å². The summed E-state index contributed by atoms with van der Waals surface area (Å²) in [7, 11) is 0. The van der Waals surface area contributed by atoms with E-state index in [0.29, 0.717) is 0 Å². The van der Waals surface area contributed by atoms with E-state index in [2.05, 4.69) is 9.97 Å². The van der Waals surface area contributed by atoms with Gasteiger partial charge in [-0.15, -0.1) is 11.3 Å². The quantitative estimate of drug-likeness (QED) is 0.844. The molecule has 1 unspecified atom stereocenters. The van der Waals surface area contributed by atoms with Crippen LogP contribution in [0.2, 0.25) is 0 Å². The number of aryl methyl sites for hydroxylation is 1. The molecule has 0 aliphatic heterocycles. The van der Waals surface area contributed by atoms with Gasteiger partial charge in [0.25, 0.3) is 0 Å². The zero-order chi connectivity index (χ0) is 10.8. The number of hydrogen-bond acceptors (Lipinski definition) is 4. The molecule has 0 spiro atoms. The van der Waals surface area contributed by atoms with E-state index in [1.54, 1.807) is 11.3 Å². The minimum atomic E-state index is -0.0124. The standard InChI is InChI=1S/C11H13N3S/c1-7(12)10-4-3-9(5-13-10)11-8(2)14-6-15-11/h3-7H,12H2,1-2H3. The molecule has 4 heteroatoms. The summed E-state index contributed by atoms with van der Waals surface area (Å²) in [6.07, 6.45) is 1.86. The van der Waals surface area contributed by atoms with Gasteiger partial charge in [0, 0.05) is 17.8 Å². The lowest BCUT2D eigenvalue weighted by molar-refractivity contribution is 0.781. The highest BCUT2D eigenvalue weighted by Gasteiger charge is 2.06. The maximum Gasteiger partial charge on any atom is 0.0801 e. The van der Waals surface area contributed by atoms with Crippen molar-refractivity contribution in [2.75, 3.05) is 0 Å². The summed E-state index contributed by atoms with van der Waals surface area (Å²) in [5.41, 5.74) is 10.7. The first-order valence-electron chi connectivity index (χ1n) is 4.80. The molecule has 0 aliphatic rings. The molecule has 0 saturated heterocycles. The van der Waals surface area contributed by atoms with Crippen molar-refractivity contribution in [3.05, 3.63) is 35.2 Å². The summed E-state index contributed by atoms with van der Waals surface area (Å²) in [6, 6.07) is 4.01. The van der Waals surface area contributed by atoms with Crippen molar-refractivity contribution in [2.45, 2.75) is 19.9 Å². The van der Waals surface area contributed by atoms with Crippen LogP contribution >= 0.6 is 11.3 Å². The van der Waals surface area contributed by atoms with E-state index in [9.17, 15) is 0 Å². The third kappa shape index (κ3) is 2.06. The number of pyridine rings is 1. The molecule has 78 valence electrons. The molecule has 0 bridgehead atoms. The third-order valence-electron chi connectivity index (χ3n) is 2.26. The summed E-state index contributed by atoms with van der Waals surface area (Å²) < 4.78 is 0. The Bertz CT molecular complexity index is 445. The fourth-order valence-corrected chi connectivity index (χ4v) is 2.18. The summed E-state index contributed by atoms with van der Waals surface area (Å²) in [5, 5.41) is 0. The van der Waals surface area contributed by atoms with Crippen molar-refractivity contribution in [2.24, 2.45) is 5.73 Å². The second-order valence-corrected chi connectivity index (χ2v) is 4.38. The van der Waals surface area contributed by atoms with E-state index in [1.165, 1.54) is 4.88 Å². The Morgan fingerprint density at radius 2 is 2.13 bits per heavy atom. The molecule has 1 atom stereocenters. The largest absolute Gasteiger partial charge is 0.323 e. The van der Waals surface area contributed by atoms with Gasteiger partial charge in [0.2, 0.25) is 0 Å². The first kappa shape index (κ1) is 10.3. The van der Waals surface area contributed by atoms with Crippen LogP contribution in [0.3, 0.4) is 0 Å². The van der Waals surface area contributed by atoms with Crippen LogP contribution in [-0.4, -0.2) is 9.97 Å². The van der Waals surface area contributed by atoms with Crippen LogP contribution in [0.4, 0.5) is 0 Å². The van der Waals surface area contributed by atoms with Crippen LogP contribution in [0.15, 0.2) is 23.8 Å². The number of rotatable bonds is 2. The lowest BCUT2D eigenvalue weighted by Gasteiger charge is -2.05. The molecule has 2 aromatic heterocycles. The Morgan fingerprint density at radius 1 is 1.33 bits per heavy atom. The Kier molecular flexibility index (Phi) is 2.79. The molecule has 2 rings (SSSR count). The highest BCUT2D eigenvalue weighted by Crippen LogP contribution is 2.26. The smallest absolute Gasteiger partial charge is 0.0801 e. The van der Waals surface area contributed by atoms with E-state index in [4.69, 9.17) is 5.73 Å². The van der Waals surface area contributed by atoms with Gasteiger partial charge in [-0.1, -0.05) is 6.07 Å². The lowest BCUT2D eigenvalue weighted by atomic mass is 10.1. The number of aromatic nitrogens is 2. The van der Waals surface area contributed by atoms with Gasteiger partial charge in [-0.3, -0.25) is 4.98 Å². The Hall–Kier alpha value is -1.26. The molecule has 15 heavy (non-hydrogen) atoms. The van der Waals surface area contributed by atoms with Crippen molar-refractivity contribution in [1.29, 1.82) is 0 Å². The summed E-state index contributed by atoms with van der Waals surface area (Å²) >= 11 is 1.63. The lowest BCUT2D eigenvalue weighted by Crippen LogP contribution is -2.06. The van der Waals surface area contributed by atoms with Gasteiger partial charge in [0.1, 0.15) is 0 Å². The van der Waals surface area contributed by atoms with Crippen LogP contribution in [0.25, 0.3) is 10.4 Å². The minimum absolute atomic E-state index is 0.0124. The molecule has 3 nitrogen and oxygen atoms in total. The molecule has 0 fully saturated rings. The molecule has 0 radical (unpaired) electrons. The second-order valence-electron chi connectivity index (χ2n) is 3.53. The number of nitrogens with zero attached hydrogens (tertiary/aromatic N) is 2. The van der Waals surface area contributed by atoms with Gasteiger partial charge in [-0.05, 0) is 19.9 Å². The minimum Gasteiger partial charge on any atom is -0.323 e. The van der Waals surface area contributed by atoms with Crippen LogP contribution < -0.4 is 5.73 Å². The van der Waals surface area contributed by atoms with Crippen LogP contribution in [-0.2, 0) is 0 Å². The molecular weight excluding hydrogens is 206 g/mol. The van der Waals surface area contributed by atoms with Crippen molar-refractivity contribution in [1.82, 2.24) is 9.97 Å².